The zero-order chi connectivity index (χ0) is 12.5. The predicted octanol–water partition coefficient (Wildman–Crippen LogP) is 1.93. The number of carbonyl (C=O) groups is 1. The van der Waals surface area contributed by atoms with E-state index in [2.05, 4.69) is 11.9 Å². The number of nitrogens with one attached hydrogen (secondary N) is 1. The van der Waals surface area contributed by atoms with Gasteiger partial charge in [0.2, 0.25) is 5.91 Å². The highest BCUT2D eigenvalue weighted by Gasteiger charge is 2.02. The number of nitrogens with two attached hydrogens (primary N) is 1. The van der Waals surface area contributed by atoms with E-state index < -0.39 is 0 Å². The van der Waals surface area contributed by atoms with Crippen LogP contribution in [-0.2, 0) is 4.79 Å². The summed E-state index contributed by atoms with van der Waals surface area (Å²) in [6, 6.07) is 7.26. The molecule has 0 unspecified atom stereocenters. The Morgan fingerprint density at radius 1 is 1.53 bits per heavy atom. The maximum absolute atomic E-state index is 11.5. The molecule has 0 aliphatic rings. The van der Waals surface area contributed by atoms with Gasteiger partial charge in [-0.1, -0.05) is 18.7 Å². The smallest absolute Gasteiger partial charge is 0.224 e. The van der Waals surface area contributed by atoms with Crippen LogP contribution in [0.15, 0.2) is 36.9 Å². The Kier molecular flexibility index (Phi) is 5.82. The zero-order valence-electron chi connectivity index (χ0n) is 9.82. The Morgan fingerprint density at radius 2 is 2.35 bits per heavy atom. The largest absolute Gasteiger partial charge is 0.489 e. The molecule has 0 heterocycles. The second-order valence-corrected chi connectivity index (χ2v) is 3.57. The van der Waals surface area contributed by atoms with Crippen LogP contribution in [0.3, 0.4) is 0 Å². The van der Waals surface area contributed by atoms with Gasteiger partial charge in [-0.05, 0) is 25.1 Å². The van der Waals surface area contributed by atoms with Gasteiger partial charge in [0.15, 0.2) is 0 Å². The molecule has 4 heteroatoms. The summed E-state index contributed by atoms with van der Waals surface area (Å²) in [4.78, 5) is 11.5. The first kappa shape index (κ1) is 13.3. The Morgan fingerprint density at radius 3 is 3.06 bits per heavy atom. The molecule has 4 nitrogen and oxygen atoms in total. The lowest BCUT2D eigenvalue weighted by molar-refractivity contribution is -0.116. The van der Waals surface area contributed by atoms with Crippen molar-refractivity contribution in [1.82, 2.24) is 0 Å². The summed E-state index contributed by atoms with van der Waals surface area (Å²) in [6.45, 7) is 4.55. The van der Waals surface area contributed by atoms with Crippen molar-refractivity contribution in [2.45, 2.75) is 12.8 Å². The second kappa shape index (κ2) is 7.46. The van der Waals surface area contributed by atoms with Gasteiger partial charge in [-0.2, -0.15) is 0 Å². The molecule has 0 radical (unpaired) electrons. The summed E-state index contributed by atoms with van der Waals surface area (Å²) in [5.41, 5.74) is 6.07. The van der Waals surface area contributed by atoms with E-state index in [9.17, 15) is 4.79 Å². The third-order valence-electron chi connectivity index (χ3n) is 2.09. The normalized spacial score (nSPS) is 9.71. The monoisotopic (exact) mass is 234 g/mol. The molecule has 1 aromatic carbocycles. The molecule has 0 bridgehead atoms. The summed E-state index contributed by atoms with van der Waals surface area (Å²) in [7, 11) is 0. The van der Waals surface area contributed by atoms with Gasteiger partial charge in [0.05, 0.1) is 0 Å². The average molecular weight is 234 g/mol. The molecule has 0 aromatic heterocycles. The van der Waals surface area contributed by atoms with Crippen molar-refractivity contribution in [2.75, 3.05) is 18.5 Å². The van der Waals surface area contributed by atoms with E-state index in [-0.39, 0.29) is 5.91 Å². The second-order valence-electron chi connectivity index (χ2n) is 3.57. The van der Waals surface area contributed by atoms with Gasteiger partial charge in [-0.3, -0.25) is 4.79 Å². The third kappa shape index (κ3) is 5.17. The van der Waals surface area contributed by atoms with Crippen LogP contribution in [0.25, 0.3) is 0 Å². The first-order valence-electron chi connectivity index (χ1n) is 5.60. The number of rotatable bonds is 7. The summed E-state index contributed by atoms with van der Waals surface area (Å²) >= 11 is 0. The highest BCUT2D eigenvalue weighted by molar-refractivity contribution is 5.90. The van der Waals surface area contributed by atoms with Crippen LogP contribution in [0.2, 0.25) is 0 Å². The Balaban J connectivity index is 2.52. The van der Waals surface area contributed by atoms with E-state index in [0.29, 0.717) is 31.7 Å². The van der Waals surface area contributed by atoms with Crippen molar-refractivity contribution in [3.63, 3.8) is 0 Å². The summed E-state index contributed by atoms with van der Waals surface area (Å²) < 4.78 is 5.37. The molecule has 0 saturated heterocycles. The van der Waals surface area contributed by atoms with Gasteiger partial charge in [-0.15, -0.1) is 0 Å². The number of carbonyl (C=O) groups excluding carboxylic acids is 1. The van der Waals surface area contributed by atoms with E-state index in [4.69, 9.17) is 10.5 Å². The predicted molar refractivity (Wildman–Crippen MR) is 69.1 cm³/mol. The molecular formula is C13H18N2O2. The Hall–Kier alpha value is -1.81. The fourth-order valence-corrected chi connectivity index (χ4v) is 1.30. The van der Waals surface area contributed by atoms with Gasteiger partial charge in [-0.25, -0.2) is 0 Å². The number of benzene rings is 1. The number of ether oxygens (including phenoxy) is 1. The van der Waals surface area contributed by atoms with Crippen molar-refractivity contribution in [1.29, 1.82) is 0 Å². The lowest BCUT2D eigenvalue weighted by Crippen LogP contribution is -2.13. The first-order chi connectivity index (χ1) is 8.26. The Labute approximate surface area is 101 Å². The van der Waals surface area contributed by atoms with Crippen molar-refractivity contribution in [3.05, 3.63) is 36.9 Å². The van der Waals surface area contributed by atoms with Gasteiger partial charge < -0.3 is 15.8 Å². The van der Waals surface area contributed by atoms with Crippen molar-refractivity contribution in [3.8, 4) is 5.75 Å². The molecule has 92 valence electrons. The lowest BCUT2D eigenvalue weighted by Gasteiger charge is -2.07. The van der Waals surface area contributed by atoms with E-state index >= 15 is 0 Å². The van der Waals surface area contributed by atoms with E-state index in [1.165, 1.54) is 0 Å². The molecule has 3 N–H and O–H groups in total. The van der Waals surface area contributed by atoms with Crippen molar-refractivity contribution >= 4 is 11.6 Å². The number of anilines is 1. The van der Waals surface area contributed by atoms with E-state index in [1.807, 2.05) is 18.2 Å². The minimum Gasteiger partial charge on any atom is -0.489 e. The molecule has 0 aliphatic heterocycles. The molecule has 0 spiro atoms. The van der Waals surface area contributed by atoms with E-state index in [0.717, 1.165) is 5.69 Å². The number of amides is 1. The minimum absolute atomic E-state index is 0.0312. The highest BCUT2D eigenvalue weighted by atomic mass is 16.5. The standard InChI is InChI=1S/C13H18N2O2/c1-2-9-17-12-6-3-5-11(10-12)15-13(16)7-4-8-14/h2-3,5-6,10H,1,4,7-9,14H2,(H,15,16). The van der Waals surface area contributed by atoms with Crippen molar-refractivity contribution in [2.24, 2.45) is 5.73 Å². The van der Waals surface area contributed by atoms with Crippen LogP contribution in [0.5, 0.6) is 5.75 Å². The molecule has 1 rings (SSSR count). The first-order valence-corrected chi connectivity index (χ1v) is 5.60. The summed E-state index contributed by atoms with van der Waals surface area (Å²) in [5, 5.41) is 2.79. The van der Waals surface area contributed by atoms with Crippen LogP contribution >= 0.6 is 0 Å². The molecule has 1 aromatic rings. The van der Waals surface area contributed by atoms with Crippen LogP contribution in [-0.4, -0.2) is 19.1 Å². The Bertz CT molecular complexity index is 377. The maximum Gasteiger partial charge on any atom is 0.224 e. The van der Waals surface area contributed by atoms with E-state index in [1.54, 1.807) is 12.1 Å². The quantitative estimate of drug-likeness (QED) is 0.708. The molecule has 0 saturated carbocycles. The highest BCUT2D eigenvalue weighted by Crippen LogP contribution is 2.17. The topological polar surface area (TPSA) is 64.3 Å². The SMILES string of the molecule is C=CCOc1cccc(NC(=O)CCCN)c1. The fraction of sp³-hybridized carbons (Fsp3) is 0.308. The van der Waals surface area contributed by atoms with Gasteiger partial charge in [0.1, 0.15) is 12.4 Å². The van der Waals surface area contributed by atoms with Crippen LogP contribution < -0.4 is 15.8 Å². The summed E-state index contributed by atoms with van der Waals surface area (Å²) in [5.74, 6) is 0.679. The molecule has 17 heavy (non-hydrogen) atoms. The lowest BCUT2D eigenvalue weighted by atomic mass is 10.2. The molecular weight excluding hydrogens is 216 g/mol. The maximum atomic E-state index is 11.5. The molecule has 0 atom stereocenters. The molecule has 0 fully saturated rings. The van der Waals surface area contributed by atoms with Gasteiger partial charge in [0, 0.05) is 18.2 Å². The number of hydrogen-bond acceptors (Lipinski definition) is 3. The third-order valence-corrected chi connectivity index (χ3v) is 2.09. The van der Waals surface area contributed by atoms with Crippen LogP contribution in [0, 0.1) is 0 Å². The number of hydrogen-bond donors (Lipinski definition) is 2. The fourth-order valence-electron chi connectivity index (χ4n) is 1.30. The van der Waals surface area contributed by atoms with Gasteiger partial charge >= 0.3 is 0 Å². The molecule has 1 amide bonds. The summed E-state index contributed by atoms with van der Waals surface area (Å²) in [6.07, 6.45) is 2.80. The average Bonchev–Trinajstić information content (AvgIpc) is 2.34. The van der Waals surface area contributed by atoms with Gasteiger partial charge in [0.25, 0.3) is 0 Å². The molecule has 0 aliphatic carbocycles. The minimum atomic E-state index is -0.0312. The van der Waals surface area contributed by atoms with Crippen LogP contribution in [0.4, 0.5) is 5.69 Å². The zero-order valence-corrected chi connectivity index (χ0v) is 9.82. The van der Waals surface area contributed by atoms with Crippen LogP contribution in [0.1, 0.15) is 12.8 Å². The van der Waals surface area contributed by atoms with Crippen molar-refractivity contribution < 1.29 is 9.53 Å².